The first-order valence-electron chi connectivity index (χ1n) is 5.35. The number of aromatic nitrogens is 2. The molecule has 92 valence electrons. The van der Waals surface area contributed by atoms with E-state index >= 15 is 0 Å². The number of nitrogens with two attached hydrogens (primary N) is 1. The van der Waals surface area contributed by atoms with Gasteiger partial charge in [0.15, 0.2) is 0 Å². The number of nitrogens with one attached hydrogen (secondary N) is 2. The molecule has 2 rings (SSSR count). The van der Waals surface area contributed by atoms with E-state index in [1.54, 1.807) is 14.0 Å². The first-order valence-corrected chi connectivity index (χ1v) is 5.35. The van der Waals surface area contributed by atoms with Gasteiger partial charge in [-0.15, -0.1) is 0 Å². The van der Waals surface area contributed by atoms with Gasteiger partial charge in [0.05, 0.1) is 17.4 Å². The van der Waals surface area contributed by atoms with Crippen molar-refractivity contribution >= 4 is 17.5 Å². The van der Waals surface area contributed by atoms with E-state index in [2.05, 4.69) is 15.7 Å². The summed E-state index contributed by atoms with van der Waals surface area (Å²) in [6, 6.07) is -0.176. The first kappa shape index (κ1) is 11.4. The first-order chi connectivity index (χ1) is 7.99. The standard InChI is InChI=1S/C10H15N5O2/c1-5-8(11)9(15(2)14-5)10(17)13-6-3-7(16)12-4-6/h6H,3-4,11H2,1-2H3,(H,12,16)(H,13,17). The van der Waals surface area contributed by atoms with Crippen molar-refractivity contribution in [1.82, 2.24) is 20.4 Å². The monoisotopic (exact) mass is 237 g/mol. The van der Waals surface area contributed by atoms with Crippen LogP contribution in [0, 0.1) is 6.92 Å². The third kappa shape index (κ3) is 2.08. The number of nitrogens with zero attached hydrogens (tertiary/aromatic N) is 2. The van der Waals surface area contributed by atoms with Gasteiger partial charge in [-0.25, -0.2) is 0 Å². The molecule has 7 nitrogen and oxygen atoms in total. The number of anilines is 1. The summed E-state index contributed by atoms with van der Waals surface area (Å²) < 4.78 is 1.45. The molecule has 0 radical (unpaired) electrons. The van der Waals surface area contributed by atoms with Gasteiger partial charge in [0.1, 0.15) is 5.69 Å². The van der Waals surface area contributed by atoms with Gasteiger partial charge in [0.2, 0.25) is 5.91 Å². The Morgan fingerprint density at radius 3 is 2.82 bits per heavy atom. The van der Waals surface area contributed by atoms with Gasteiger partial charge in [0, 0.05) is 20.0 Å². The molecule has 2 amide bonds. The second-order valence-electron chi connectivity index (χ2n) is 4.15. The minimum absolute atomic E-state index is 0.0514. The summed E-state index contributed by atoms with van der Waals surface area (Å²) in [5, 5.41) is 9.48. The number of amides is 2. The number of carbonyl (C=O) groups excluding carboxylic acids is 2. The highest BCUT2D eigenvalue weighted by atomic mass is 16.2. The molecule has 4 N–H and O–H groups in total. The molecule has 1 unspecified atom stereocenters. The zero-order valence-corrected chi connectivity index (χ0v) is 9.78. The van der Waals surface area contributed by atoms with Crippen LogP contribution in [0.2, 0.25) is 0 Å². The highest BCUT2D eigenvalue weighted by Gasteiger charge is 2.26. The second-order valence-corrected chi connectivity index (χ2v) is 4.15. The van der Waals surface area contributed by atoms with Crippen LogP contribution in [0.5, 0.6) is 0 Å². The van der Waals surface area contributed by atoms with E-state index in [-0.39, 0.29) is 17.9 Å². The molecular weight excluding hydrogens is 222 g/mol. The molecule has 7 heteroatoms. The Bertz CT molecular complexity index is 479. The van der Waals surface area contributed by atoms with Crippen molar-refractivity contribution in [3.05, 3.63) is 11.4 Å². The van der Waals surface area contributed by atoms with Crippen molar-refractivity contribution in [3.8, 4) is 0 Å². The van der Waals surface area contributed by atoms with Crippen LogP contribution < -0.4 is 16.4 Å². The molecule has 0 saturated carbocycles. The zero-order valence-electron chi connectivity index (χ0n) is 9.78. The quantitative estimate of drug-likeness (QED) is 0.609. The third-order valence-corrected chi connectivity index (χ3v) is 2.80. The molecule has 1 fully saturated rings. The number of rotatable bonds is 2. The van der Waals surface area contributed by atoms with Crippen molar-refractivity contribution in [1.29, 1.82) is 0 Å². The van der Waals surface area contributed by atoms with Gasteiger partial charge in [-0.3, -0.25) is 14.3 Å². The number of nitrogen functional groups attached to an aromatic ring is 1. The van der Waals surface area contributed by atoms with Gasteiger partial charge in [-0.1, -0.05) is 0 Å². The van der Waals surface area contributed by atoms with E-state index in [0.29, 0.717) is 30.0 Å². The van der Waals surface area contributed by atoms with Crippen molar-refractivity contribution in [2.75, 3.05) is 12.3 Å². The Morgan fingerprint density at radius 2 is 2.35 bits per heavy atom. The molecule has 1 aromatic rings. The topological polar surface area (TPSA) is 102 Å². The predicted molar refractivity (Wildman–Crippen MR) is 61.2 cm³/mol. The summed E-state index contributed by atoms with van der Waals surface area (Å²) in [4.78, 5) is 23.0. The van der Waals surface area contributed by atoms with Crippen LogP contribution in [0.1, 0.15) is 22.6 Å². The fourth-order valence-electron chi connectivity index (χ4n) is 1.90. The maximum absolute atomic E-state index is 12.0. The summed E-state index contributed by atoms with van der Waals surface area (Å²) in [5.74, 6) is -0.350. The zero-order chi connectivity index (χ0) is 12.6. The van der Waals surface area contributed by atoms with Gasteiger partial charge < -0.3 is 16.4 Å². The average molecular weight is 237 g/mol. The molecule has 0 aromatic carbocycles. The largest absolute Gasteiger partial charge is 0.395 e. The van der Waals surface area contributed by atoms with E-state index in [1.165, 1.54) is 4.68 Å². The van der Waals surface area contributed by atoms with E-state index in [9.17, 15) is 9.59 Å². The summed E-state index contributed by atoms with van der Waals surface area (Å²) in [6.45, 7) is 2.20. The number of hydrogen-bond acceptors (Lipinski definition) is 4. The molecule has 1 saturated heterocycles. The Balaban J connectivity index is 2.12. The smallest absolute Gasteiger partial charge is 0.271 e. The normalized spacial score (nSPS) is 19.2. The lowest BCUT2D eigenvalue weighted by Gasteiger charge is -2.10. The number of aryl methyl sites for hydroxylation is 2. The molecule has 1 aliphatic rings. The summed E-state index contributed by atoms with van der Waals surface area (Å²) >= 11 is 0. The summed E-state index contributed by atoms with van der Waals surface area (Å²) in [7, 11) is 1.66. The van der Waals surface area contributed by atoms with Gasteiger partial charge >= 0.3 is 0 Å². The highest BCUT2D eigenvalue weighted by molar-refractivity contribution is 5.98. The van der Waals surface area contributed by atoms with Crippen LogP contribution in [0.25, 0.3) is 0 Å². The maximum atomic E-state index is 12.0. The van der Waals surface area contributed by atoms with Crippen LogP contribution >= 0.6 is 0 Å². The molecule has 0 aliphatic carbocycles. The van der Waals surface area contributed by atoms with Gasteiger partial charge in [-0.05, 0) is 6.92 Å². The van der Waals surface area contributed by atoms with Crippen LogP contribution in [0.15, 0.2) is 0 Å². The van der Waals surface area contributed by atoms with Gasteiger partial charge in [0.25, 0.3) is 5.91 Å². The van der Waals surface area contributed by atoms with Crippen molar-refractivity contribution in [2.45, 2.75) is 19.4 Å². The van der Waals surface area contributed by atoms with Crippen LogP contribution in [0.4, 0.5) is 5.69 Å². The second kappa shape index (κ2) is 4.08. The fourth-order valence-corrected chi connectivity index (χ4v) is 1.90. The molecule has 0 spiro atoms. The summed E-state index contributed by atoms with van der Waals surface area (Å²) in [5.41, 5.74) is 7.11. The van der Waals surface area contributed by atoms with E-state index in [0.717, 1.165) is 0 Å². The predicted octanol–water partition coefficient (Wildman–Crippen LogP) is -1.07. The van der Waals surface area contributed by atoms with E-state index < -0.39 is 0 Å². The Morgan fingerprint density at radius 1 is 1.65 bits per heavy atom. The van der Waals surface area contributed by atoms with Crippen LogP contribution in [-0.2, 0) is 11.8 Å². The highest BCUT2D eigenvalue weighted by Crippen LogP contribution is 2.15. The third-order valence-electron chi connectivity index (χ3n) is 2.80. The van der Waals surface area contributed by atoms with Crippen LogP contribution in [-0.4, -0.2) is 34.2 Å². The minimum Gasteiger partial charge on any atom is -0.395 e. The molecule has 1 aliphatic heterocycles. The van der Waals surface area contributed by atoms with Crippen LogP contribution in [0.3, 0.4) is 0 Å². The minimum atomic E-state index is -0.299. The number of carbonyl (C=O) groups is 2. The Kier molecular flexibility index (Phi) is 2.74. The number of hydrogen-bond donors (Lipinski definition) is 3. The van der Waals surface area contributed by atoms with E-state index in [4.69, 9.17) is 5.73 Å². The van der Waals surface area contributed by atoms with Gasteiger partial charge in [-0.2, -0.15) is 5.10 Å². The summed E-state index contributed by atoms with van der Waals surface area (Å²) in [6.07, 6.45) is 0.308. The maximum Gasteiger partial charge on any atom is 0.271 e. The molecule has 17 heavy (non-hydrogen) atoms. The fraction of sp³-hybridized carbons (Fsp3) is 0.500. The Hall–Kier alpha value is -2.05. The Labute approximate surface area is 98.4 Å². The SMILES string of the molecule is Cc1nn(C)c(C(=O)NC2CNC(=O)C2)c1N. The molecular formula is C10H15N5O2. The van der Waals surface area contributed by atoms with Crippen molar-refractivity contribution < 1.29 is 9.59 Å². The lowest BCUT2D eigenvalue weighted by Crippen LogP contribution is -2.37. The lowest BCUT2D eigenvalue weighted by molar-refractivity contribution is -0.119. The van der Waals surface area contributed by atoms with E-state index in [1.807, 2.05) is 0 Å². The molecule has 2 heterocycles. The lowest BCUT2D eigenvalue weighted by atomic mass is 10.2. The molecule has 1 atom stereocenters. The molecule has 0 bridgehead atoms. The average Bonchev–Trinajstić information content (AvgIpc) is 2.73. The molecule has 1 aromatic heterocycles. The van der Waals surface area contributed by atoms with Crippen molar-refractivity contribution in [3.63, 3.8) is 0 Å². The van der Waals surface area contributed by atoms with Crippen molar-refractivity contribution in [2.24, 2.45) is 7.05 Å².